The number of nitrogens with one attached hydrogen (secondary N) is 1. The standard InChI is InChI=1S/C35H45F2N5O3/c1-44-32-18-25(20-38)10-11-31(32)42-22-34(37,23-42)21-41-16-12-26(13-17-41)35(24-40-14-5-15-40,27-6-3-7-28(36)19-27)29-8-4-9-30(29)39-33(43)45-2/h3,6-7,10-11,18-19,26,29-30H,4-5,8-9,12-17,21-24H2,1-2H3,(H,39,43)/t29-,30-,35?/m0/s1. The molecule has 3 atom stereocenters. The van der Waals surface area contributed by atoms with Gasteiger partial charge in [0.2, 0.25) is 0 Å². The van der Waals surface area contributed by atoms with Crippen LogP contribution in [0.25, 0.3) is 0 Å². The summed E-state index contributed by atoms with van der Waals surface area (Å²) in [5.41, 5.74) is 0.664. The van der Waals surface area contributed by atoms with E-state index in [9.17, 15) is 14.4 Å². The number of alkyl halides is 1. The van der Waals surface area contributed by atoms with Gasteiger partial charge in [-0.2, -0.15) is 5.26 Å². The Hall–Kier alpha value is -3.42. The number of alkyl carbamates (subject to hydrolysis) is 1. The number of halogens is 2. The van der Waals surface area contributed by atoms with E-state index in [4.69, 9.17) is 9.47 Å². The number of methoxy groups -OCH3 is 2. The number of hydrogen-bond donors (Lipinski definition) is 1. The average molecular weight is 622 g/mol. The second-order valence-electron chi connectivity index (χ2n) is 13.5. The molecule has 3 saturated heterocycles. The molecule has 0 radical (unpaired) electrons. The van der Waals surface area contributed by atoms with Crippen LogP contribution in [0.4, 0.5) is 19.3 Å². The maximum absolute atomic E-state index is 16.0. The minimum Gasteiger partial charge on any atom is -0.495 e. The maximum atomic E-state index is 16.0. The minimum absolute atomic E-state index is 0.0469. The second kappa shape index (κ2) is 13.1. The van der Waals surface area contributed by atoms with E-state index < -0.39 is 11.8 Å². The molecule has 2 aromatic carbocycles. The molecule has 45 heavy (non-hydrogen) atoms. The highest BCUT2D eigenvalue weighted by molar-refractivity contribution is 5.67. The van der Waals surface area contributed by atoms with Crippen molar-refractivity contribution in [3.8, 4) is 11.8 Å². The lowest BCUT2D eigenvalue weighted by Crippen LogP contribution is -2.65. The topological polar surface area (TPSA) is 81.1 Å². The van der Waals surface area contributed by atoms with Crippen molar-refractivity contribution in [3.63, 3.8) is 0 Å². The van der Waals surface area contributed by atoms with Gasteiger partial charge in [-0.1, -0.05) is 18.6 Å². The molecule has 1 saturated carbocycles. The highest BCUT2D eigenvalue weighted by Gasteiger charge is 2.54. The molecule has 4 fully saturated rings. The number of hydrogen-bond acceptors (Lipinski definition) is 7. The van der Waals surface area contributed by atoms with Crippen molar-refractivity contribution in [1.29, 1.82) is 5.26 Å². The summed E-state index contributed by atoms with van der Waals surface area (Å²) in [6, 6.07) is 14.5. The number of amides is 1. The third-order valence-electron chi connectivity index (χ3n) is 10.9. The van der Waals surface area contributed by atoms with Gasteiger partial charge in [-0.05, 0) is 99.9 Å². The van der Waals surface area contributed by atoms with Crippen molar-refractivity contribution >= 4 is 11.8 Å². The Labute approximate surface area is 265 Å². The van der Waals surface area contributed by atoms with E-state index in [1.807, 2.05) is 17.0 Å². The lowest BCUT2D eigenvalue weighted by Gasteiger charge is -2.54. The molecule has 1 amide bonds. The molecule has 0 bridgehead atoms. The molecule has 3 heterocycles. The molecule has 3 aliphatic heterocycles. The molecule has 0 aromatic heterocycles. The summed E-state index contributed by atoms with van der Waals surface area (Å²) < 4.78 is 41.4. The van der Waals surface area contributed by atoms with Crippen molar-refractivity contribution in [1.82, 2.24) is 15.1 Å². The van der Waals surface area contributed by atoms with E-state index in [-0.39, 0.29) is 42.2 Å². The summed E-state index contributed by atoms with van der Waals surface area (Å²) in [7, 11) is 2.96. The van der Waals surface area contributed by atoms with Gasteiger partial charge in [0, 0.05) is 30.6 Å². The minimum atomic E-state index is -1.33. The van der Waals surface area contributed by atoms with Gasteiger partial charge in [0.25, 0.3) is 0 Å². The molecule has 1 aliphatic carbocycles. The van der Waals surface area contributed by atoms with Crippen LogP contribution in [0, 0.1) is 29.0 Å². The fraction of sp³-hybridized carbons (Fsp3) is 0.600. The normalized spacial score (nSPS) is 25.0. The Kier molecular flexibility index (Phi) is 9.21. The number of nitriles is 1. The van der Waals surface area contributed by atoms with Crippen LogP contribution in [-0.2, 0) is 10.2 Å². The van der Waals surface area contributed by atoms with Crippen LogP contribution in [0.15, 0.2) is 42.5 Å². The zero-order valence-corrected chi connectivity index (χ0v) is 26.4. The summed E-state index contributed by atoms with van der Waals surface area (Å²) in [5.74, 6) is 0.754. The molecule has 242 valence electrons. The van der Waals surface area contributed by atoms with Crippen LogP contribution in [0.3, 0.4) is 0 Å². The molecular weight excluding hydrogens is 576 g/mol. The SMILES string of the molecule is COC(=O)N[C@H]1CCC[C@@H]1C(CN1CCC1)(c1cccc(F)c1)C1CCN(CC2(F)CN(c3ccc(C#N)cc3OC)C2)CC1. The van der Waals surface area contributed by atoms with Gasteiger partial charge in [0.05, 0.1) is 44.6 Å². The first-order valence-electron chi connectivity index (χ1n) is 16.3. The summed E-state index contributed by atoms with van der Waals surface area (Å²) >= 11 is 0. The number of piperidine rings is 1. The van der Waals surface area contributed by atoms with Crippen LogP contribution >= 0.6 is 0 Å². The largest absolute Gasteiger partial charge is 0.495 e. The Balaban J connectivity index is 1.19. The highest BCUT2D eigenvalue weighted by atomic mass is 19.1. The van der Waals surface area contributed by atoms with Crippen molar-refractivity contribution in [3.05, 3.63) is 59.4 Å². The van der Waals surface area contributed by atoms with Gasteiger partial charge in [-0.15, -0.1) is 0 Å². The molecule has 1 N–H and O–H groups in total. The number of benzene rings is 2. The van der Waals surface area contributed by atoms with Crippen LogP contribution < -0.4 is 15.0 Å². The van der Waals surface area contributed by atoms with E-state index in [0.29, 0.717) is 17.9 Å². The highest BCUT2D eigenvalue weighted by Crippen LogP contribution is 2.51. The summed E-state index contributed by atoms with van der Waals surface area (Å²) in [4.78, 5) is 19.1. The number of likely N-dealkylation sites (tertiary alicyclic amines) is 2. The average Bonchev–Trinajstić information content (AvgIpc) is 3.48. The Bertz CT molecular complexity index is 1400. The number of carbonyl (C=O) groups excluding carboxylic acids is 1. The van der Waals surface area contributed by atoms with Gasteiger partial charge in [-0.25, -0.2) is 13.6 Å². The number of nitrogens with zero attached hydrogens (tertiary/aromatic N) is 4. The zero-order chi connectivity index (χ0) is 31.6. The predicted molar refractivity (Wildman–Crippen MR) is 169 cm³/mol. The van der Waals surface area contributed by atoms with Crippen LogP contribution in [0.2, 0.25) is 0 Å². The fourth-order valence-corrected chi connectivity index (χ4v) is 8.66. The van der Waals surface area contributed by atoms with Crippen molar-refractivity contribution in [2.75, 3.05) is 71.5 Å². The number of rotatable bonds is 10. The third kappa shape index (κ3) is 6.34. The summed E-state index contributed by atoms with van der Waals surface area (Å²) in [6.45, 7) is 5.36. The lowest BCUT2D eigenvalue weighted by molar-refractivity contribution is 0.00579. The third-order valence-corrected chi connectivity index (χ3v) is 10.9. The predicted octanol–water partition coefficient (Wildman–Crippen LogP) is 5.11. The van der Waals surface area contributed by atoms with Crippen LogP contribution in [0.5, 0.6) is 5.75 Å². The van der Waals surface area contributed by atoms with Gasteiger partial charge in [0.15, 0.2) is 5.67 Å². The molecule has 0 spiro atoms. The van der Waals surface area contributed by atoms with Gasteiger partial charge >= 0.3 is 6.09 Å². The molecule has 2 aromatic rings. The van der Waals surface area contributed by atoms with Gasteiger partial charge in [0.1, 0.15) is 11.6 Å². The fourth-order valence-electron chi connectivity index (χ4n) is 8.66. The van der Waals surface area contributed by atoms with E-state index >= 15 is 4.39 Å². The van der Waals surface area contributed by atoms with Crippen molar-refractivity contribution in [2.45, 2.75) is 55.7 Å². The Morgan fingerprint density at radius 2 is 1.82 bits per heavy atom. The van der Waals surface area contributed by atoms with E-state index in [1.54, 1.807) is 25.3 Å². The van der Waals surface area contributed by atoms with Crippen LogP contribution in [0.1, 0.15) is 49.7 Å². The van der Waals surface area contributed by atoms with E-state index in [2.05, 4.69) is 27.3 Å². The Morgan fingerprint density at radius 1 is 1.04 bits per heavy atom. The molecule has 6 rings (SSSR count). The van der Waals surface area contributed by atoms with Crippen molar-refractivity contribution < 1.29 is 23.0 Å². The number of carbonyl (C=O) groups is 1. The first kappa shape index (κ1) is 31.6. The van der Waals surface area contributed by atoms with Crippen LogP contribution in [-0.4, -0.2) is 94.2 Å². The van der Waals surface area contributed by atoms with Gasteiger partial charge < -0.3 is 24.6 Å². The Morgan fingerprint density at radius 3 is 2.47 bits per heavy atom. The summed E-state index contributed by atoms with van der Waals surface area (Å²) in [6.07, 6.45) is 5.35. The van der Waals surface area contributed by atoms with Crippen molar-refractivity contribution in [2.24, 2.45) is 11.8 Å². The molecule has 10 heteroatoms. The van der Waals surface area contributed by atoms with Gasteiger partial charge in [-0.3, -0.25) is 4.90 Å². The molecule has 8 nitrogen and oxygen atoms in total. The second-order valence-corrected chi connectivity index (χ2v) is 13.5. The lowest BCUT2D eigenvalue weighted by atomic mass is 9.57. The smallest absolute Gasteiger partial charge is 0.407 e. The number of ether oxygens (including phenoxy) is 2. The van der Waals surface area contributed by atoms with E-state index in [0.717, 1.165) is 82.5 Å². The first-order chi connectivity index (χ1) is 21.8. The molecule has 1 unspecified atom stereocenters. The maximum Gasteiger partial charge on any atom is 0.407 e. The summed E-state index contributed by atoms with van der Waals surface area (Å²) in [5, 5.41) is 12.4. The van der Waals surface area contributed by atoms with E-state index in [1.165, 1.54) is 13.2 Å². The monoisotopic (exact) mass is 621 g/mol. The molecular formula is C35H45F2N5O3. The molecule has 4 aliphatic rings. The quantitative estimate of drug-likeness (QED) is 0.395. The zero-order valence-electron chi connectivity index (χ0n) is 26.4. The number of anilines is 1. The first-order valence-corrected chi connectivity index (χ1v) is 16.3.